The molecule has 2 heterocycles. The molecule has 0 radical (unpaired) electrons. The summed E-state index contributed by atoms with van der Waals surface area (Å²) in [5, 5.41) is 13.4. The summed E-state index contributed by atoms with van der Waals surface area (Å²) >= 11 is 12.2. The lowest BCUT2D eigenvalue weighted by Gasteiger charge is -2.27. The lowest BCUT2D eigenvalue weighted by molar-refractivity contribution is -0.384. The Morgan fingerprint density at radius 1 is 1.03 bits per heavy atom. The van der Waals surface area contributed by atoms with Gasteiger partial charge in [0.1, 0.15) is 5.57 Å². The number of nitro groups is 1. The van der Waals surface area contributed by atoms with E-state index < -0.39 is 22.8 Å². The number of benzene rings is 2. The molecule has 1 fully saturated rings. The zero-order chi connectivity index (χ0) is 24.7. The standard InChI is InChI=1S/C23H16Cl2N4O5/c1-12-9-14(13(2)27(12)15-5-3-6-16(11-15)29(33)34)10-17-21(30)26-23(32)28(22(17)31)19-8-4-7-18(24)20(19)25/h3-11H,1-2H3,(H,26,30,32)/b17-10+. The Hall–Kier alpha value is -3.95. The fourth-order valence-corrected chi connectivity index (χ4v) is 4.15. The van der Waals surface area contributed by atoms with Crippen LogP contribution in [0.4, 0.5) is 16.2 Å². The Balaban J connectivity index is 1.79. The second-order valence-electron chi connectivity index (χ2n) is 7.47. The SMILES string of the molecule is Cc1cc(/C=C2\C(=O)NC(=O)N(c3cccc(Cl)c3Cl)C2=O)c(C)n1-c1cccc([N+](=O)[O-])c1. The molecule has 172 valence electrons. The largest absolute Gasteiger partial charge is 0.336 e. The number of hydrogen-bond acceptors (Lipinski definition) is 5. The summed E-state index contributed by atoms with van der Waals surface area (Å²) < 4.78 is 1.77. The molecule has 4 amide bonds. The van der Waals surface area contributed by atoms with E-state index in [4.69, 9.17) is 23.2 Å². The highest BCUT2D eigenvalue weighted by Crippen LogP contribution is 2.34. The maximum Gasteiger partial charge on any atom is 0.336 e. The number of hydrogen-bond donors (Lipinski definition) is 1. The maximum absolute atomic E-state index is 13.2. The van der Waals surface area contributed by atoms with E-state index in [-0.39, 0.29) is 27.0 Å². The Bertz CT molecular complexity index is 1430. The number of non-ortho nitro benzene ring substituents is 1. The summed E-state index contributed by atoms with van der Waals surface area (Å²) in [6.07, 6.45) is 1.37. The van der Waals surface area contributed by atoms with E-state index in [0.717, 1.165) is 10.6 Å². The smallest absolute Gasteiger partial charge is 0.318 e. The van der Waals surface area contributed by atoms with E-state index in [1.165, 1.54) is 36.4 Å². The number of urea groups is 1. The third-order valence-corrected chi connectivity index (χ3v) is 6.15. The summed E-state index contributed by atoms with van der Waals surface area (Å²) in [6, 6.07) is 11.3. The highest BCUT2D eigenvalue weighted by atomic mass is 35.5. The minimum absolute atomic E-state index is 0.00906. The van der Waals surface area contributed by atoms with Gasteiger partial charge in [-0.2, -0.15) is 0 Å². The van der Waals surface area contributed by atoms with Gasteiger partial charge in [-0.3, -0.25) is 25.0 Å². The highest BCUT2D eigenvalue weighted by molar-refractivity contribution is 6.46. The summed E-state index contributed by atoms with van der Waals surface area (Å²) in [6.45, 7) is 3.54. The molecule has 34 heavy (non-hydrogen) atoms. The van der Waals surface area contributed by atoms with E-state index >= 15 is 0 Å². The fraction of sp³-hybridized carbons (Fsp3) is 0.0870. The normalized spacial score (nSPS) is 15.1. The first-order chi connectivity index (χ1) is 16.1. The molecular formula is C23H16Cl2N4O5. The van der Waals surface area contributed by atoms with Crippen LogP contribution in [0.1, 0.15) is 17.0 Å². The summed E-state index contributed by atoms with van der Waals surface area (Å²) in [5.74, 6) is -1.72. The van der Waals surface area contributed by atoms with Gasteiger partial charge in [0.2, 0.25) is 0 Å². The van der Waals surface area contributed by atoms with E-state index in [1.54, 1.807) is 36.6 Å². The summed E-state index contributed by atoms with van der Waals surface area (Å²) in [5.41, 5.74) is 2.12. The van der Waals surface area contributed by atoms with E-state index in [9.17, 15) is 24.5 Å². The van der Waals surface area contributed by atoms with Crippen LogP contribution in [0, 0.1) is 24.0 Å². The number of rotatable bonds is 4. The lowest BCUT2D eigenvalue weighted by atomic mass is 10.1. The number of nitrogens with zero attached hydrogens (tertiary/aromatic N) is 3. The first-order valence-electron chi connectivity index (χ1n) is 9.89. The molecule has 1 aliphatic rings. The van der Waals surface area contributed by atoms with Crippen LogP contribution < -0.4 is 10.2 Å². The number of barbiturate groups is 1. The van der Waals surface area contributed by atoms with Crippen LogP contribution in [0.3, 0.4) is 0 Å². The predicted molar refractivity (Wildman–Crippen MR) is 127 cm³/mol. The van der Waals surface area contributed by atoms with Crippen LogP contribution in [0.5, 0.6) is 0 Å². The Kier molecular flexibility index (Phi) is 5.99. The first-order valence-corrected chi connectivity index (χ1v) is 10.6. The van der Waals surface area contributed by atoms with Crippen molar-refractivity contribution in [1.82, 2.24) is 9.88 Å². The molecule has 3 aromatic rings. The van der Waals surface area contributed by atoms with Gasteiger partial charge in [0.25, 0.3) is 17.5 Å². The number of aryl methyl sites for hydroxylation is 1. The number of nitro benzene ring substituents is 1. The van der Waals surface area contributed by atoms with Crippen molar-refractivity contribution in [3.8, 4) is 5.69 Å². The van der Waals surface area contributed by atoms with Gasteiger partial charge in [-0.25, -0.2) is 9.69 Å². The Labute approximate surface area is 203 Å². The van der Waals surface area contributed by atoms with Crippen LogP contribution in [0.25, 0.3) is 11.8 Å². The minimum atomic E-state index is -0.946. The van der Waals surface area contributed by atoms with E-state index in [2.05, 4.69) is 5.32 Å². The fourth-order valence-electron chi connectivity index (χ4n) is 3.77. The average molecular weight is 499 g/mol. The van der Waals surface area contributed by atoms with Gasteiger partial charge in [0.15, 0.2) is 0 Å². The molecule has 2 aromatic carbocycles. The molecule has 0 unspecified atom stereocenters. The van der Waals surface area contributed by atoms with Crippen LogP contribution in [0.15, 0.2) is 54.1 Å². The predicted octanol–water partition coefficient (Wildman–Crippen LogP) is 4.98. The second-order valence-corrected chi connectivity index (χ2v) is 8.25. The van der Waals surface area contributed by atoms with Crippen molar-refractivity contribution in [3.05, 3.63) is 91.2 Å². The van der Waals surface area contributed by atoms with Gasteiger partial charge >= 0.3 is 6.03 Å². The van der Waals surface area contributed by atoms with Crippen LogP contribution in [0.2, 0.25) is 10.0 Å². The van der Waals surface area contributed by atoms with Gasteiger partial charge < -0.3 is 4.57 Å². The van der Waals surface area contributed by atoms with Gasteiger partial charge in [-0.15, -0.1) is 0 Å². The number of nitrogens with one attached hydrogen (secondary N) is 1. The van der Waals surface area contributed by atoms with E-state index in [0.29, 0.717) is 16.9 Å². The second kappa shape index (κ2) is 8.77. The first kappa shape index (κ1) is 23.2. The molecule has 0 aliphatic carbocycles. The molecule has 1 aliphatic heterocycles. The van der Waals surface area contributed by atoms with Crippen molar-refractivity contribution in [2.45, 2.75) is 13.8 Å². The number of amides is 4. The van der Waals surface area contributed by atoms with Crippen molar-refractivity contribution in [2.75, 3.05) is 4.90 Å². The topological polar surface area (TPSA) is 115 Å². The molecule has 0 spiro atoms. The minimum Gasteiger partial charge on any atom is -0.318 e. The van der Waals surface area contributed by atoms with E-state index in [1.807, 2.05) is 0 Å². The monoisotopic (exact) mass is 498 g/mol. The van der Waals surface area contributed by atoms with Crippen molar-refractivity contribution in [2.24, 2.45) is 0 Å². The highest BCUT2D eigenvalue weighted by Gasteiger charge is 2.38. The molecule has 11 heteroatoms. The zero-order valence-electron chi connectivity index (χ0n) is 17.8. The number of aromatic nitrogens is 1. The van der Waals surface area contributed by atoms with Gasteiger partial charge in [0, 0.05) is 23.5 Å². The van der Waals surface area contributed by atoms with Crippen molar-refractivity contribution in [1.29, 1.82) is 0 Å². The van der Waals surface area contributed by atoms with Crippen molar-refractivity contribution < 1.29 is 19.3 Å². The molecule has 1 saturated heterocycles. The molecule has 9 nitrogen and oxygen atoms in total. The quantitative estimate of drug-likeness (QED) is 0.236. The maximum atomic E-state index is 13.2. The van der Waals surface area contributed by atoms with Gasteiger partial charge in [-0.05, 0) is 49.8 Å². The number of carbonyl (C=O) groups excluding carboxylic acids is 3. The number of carbonyl (C=O) groups is 3. The van der Waals surface area contributed by atoms with Gasteiger partial charge in [-0.1, -0.05) is 35.3 Å². The van der Waals surface area contributed by atoms with Crippen LogP contribution >= 0.6 is 23.2 Å². The molecule has 4 rings (SSSR count). The van der Waals surface area contributed by atoms with Crippen molar-refractivity contribution in [3.63, 3.8) is 0 Å². The number of imide groups is 2. The molecule has 0 saturated carbocycles. The molecule has 0 bridgehead atoms. The zero-order valence-corrected chi connectivity index (χ0v) is 19.3. The third kappa shape index (κ3) is 3.95. The van der Waals surface area contributed by atoms with Gasteiger partial charge in [0.05, 0.1) is 26.3 Å². The molecule has 1 aromatic heterocycles. The molecule has 1 N–H and O–H groups in total. The number of anilines is 1. The molecule has 0 atom stereocenters. The Morgan fingerprint density at radius 2 is 1.74 bits per heavy atom. The summed E-state index contributed by atoms with van der Waals surface area (Å²) in [4.78, 5) is 49.6. The van der Waals surface area contributed by atoms with Crippen molar-refractivity contribution >= 4 is 58.5 Å². The third-order valence-electron chi connectivity index (χ3n) is 5.34. The van der Waals surface area contributed by atoms with Crippen LogP contribution in [-0.2, 0) is 9.59 Å². The molecular weight excluding hydrogens is 483 g/mol. The summed E-state index contributed by atoms with van der Waals surface area (Å²) in [7, 11) is 0. The van der Waals surface area contributed by atoms with Crippen LogP contribution in [-0.4, -0.2) is 27.3 Å². The average Bonchev–Trinajstić information content (AvgIpc) is 3.06. The lowest BCUT2D eigenvalue weighted by Crippen LogP contribution is -2.54. The number of halogens is 2. The Morgan fingerprint density at radius 3 is 2.44 bits per heavy atom.